The van der Waals surface area contributed by atoms with Crippen LogP contribution < -0.4 is 20.1 Å². The Morgan fingerprint density at radius 3 is 1.96 bits per heavy atom. The van der Waals surface area contributed by atoms with Gasteiger partial charge in [0.1, 0.15) is 36.3 Å². The molecular formula is C44H55F2N5O5. The predicted octanol–water partition coefficient (Wildman–Crippen LogP) is 8.99. The molecule has 1 unspecified atom stereocenters. The summed E-state index contributed by atoms with van der Waals surface area (Å²) in [6.45, 7) is 9.33. The first-order chi connectivity index (χ1) is 26.9. The molecule has 4 aromatic rings. The molecule has 1 aliphatic heterocycles. The fraction of sp³-hybridized carbons (Fsp3) is 0.432. The molecule has 2 aliphatic rings. The van der Waals surface area contributed by atoms with Crippen LogP contribution in [0.15, 0.2) is 79.1 Å². The van der Waals surface area contributed by atoms with Crippen LogP contribution in [0.4, 0.5) is 8.78 Å². The smallest absolute Gasteiger partial charge is 0.253 e. The number of nitrogens with one attached hydrogen (secondary N) is 2. The number of rotatable bonds is 12. The fourth-order valence-electron chi connectivity index (χ4n) is 7.03. The summed E-state index contributed by atoms with van der Waals surface area (Å²) in [6, 6.07) is 18.8. The van der Waals surface area contributed by atoms with E-state index >= 15 is 0 Å². The third kappa shape index (κ3) is 12.8. The number of ether oxygens (including phenoxy) is 3. The van der Waals surface area contributed by atoms with E-state index in [9.17, 15) is 18.4 Å². The van der Waals surface area contributed by atoms with Crippen molar-refractivity contribution in [1.82, 2.24) is 20.6 Å². The summed E-state index contributed by atoms with van der Waals surface area (Å²) in [6.07, 6.45) is 11.0. The van der Waals surface area contributed by atoms with Gasteiger partial charge in [0.25, 0.3) is 11.8 Å². The van der Waals surface area contributed by atoms with Crippen molar-refractivity contribution in [3.63, 3.8) is 0 Å². The van der Waals surface area contributed by atoms with Gasteiger partial charge in [-0.15, -0.1) is 0 Å². The number of benzene rings is 2. The average Bonchev–Trinajstić information content (AvgIpc) is 3.19. The number of nitriles is 1. The molecule has 10 nitrogen and oxygen atoms in total. The fourth-order valence-corrected chi connectivity index (χ4v) is 7.03. The third-order valence-corrected chi connectivity index (χ3v) is 10.3. The molecule has 0 bridgehead atoms. The Balaban J connectivity index is 0.000000300. The molecule has 3 atom stereocenters. The maximum Gasteiger partial charge on any atom is 0.253 e. The van der Waals surface area contributed by atoms with E-state index in [0.29, 0.717) is 40.1 Å². The predicted molar refractivity (Wildman–Crippen MR) is 212 cm³/mol. The number of halogens is 2. The second kappa shape index (κ2) is 20.0. The van der Waals surface area contributed by atoms with Crippen molar-refractivity contribution in [1.29, 1.82) is 5.26 Å². The van der Waals surface area contributed by atoms with Crippen LogP contribution in [0.5, 0.6) is 11.5 Å². The monoisotopic (exact) mass is 771 g/mol. The molecular weight excluding hydrogens is 717 g/mol. The Hall–Kier alpha value is -5.41. The van der Waals surface area contributed by atoms with E-state index in [0.717, 1.165) is 25.5 Å². The van der Waals surface area contributed by atoms with Crippen molar-refractivity contribution >= 4 is 11.8 Å². The largest absolute Gasteiger partial charge is 0.487 e. The van der Waals surface area contributed by atoms with Gasteiger partial charge in [0.05, 0.1) is 39.7 Å². The van der Waals surface area contributed by atoms with Gasteiger partial charge >= 0.3 is 0 Å². The Morgan fingerprint density at radius 2 is 1.41 bits per heavy atom. The summed E-state index contributed by atoms with van der Waals surface area (Å²) in [7, 11) is 0. The molecule has 12 heteroatoms. The van der Waals surface area contributed by atoms with Crippen molar-refractivity contribution in [3.05, 3.63) is 119 Å². The molecule has 2 fully saturated rings. The highest BCUT2D eigenvalue weighted by Gasteiger charge is 2.32. The minimum atomic E-state index is -0.527. The maximum absolute atomic E-state index is 13.4. The molecule has 0 spiro atoms. The lowest BCUT2D eigenvalue weighted by atomic mass is 9.84. The van der Waals surface area contributed by atoms with Gasteiger partial charge in [-0.1, -0.05) is 25.3 Å². The standard InChI is InChI=1S/C22H24FN3O2.C22H27FN2O3.2H2/c1-15(17-5-3-2-4-6-17)26-22(27)18-7-8-20(25-13-18)14-28-21-10-16(12-24)9-19(23)11-21;1-15(16-9-10-28-22(2,3)12-16)25-21(26)17-7-8-19(24-13-17)14-27-20-6-4-5-18(23)11-20;;/h7-11,13,15,17H,2-6,14H2,1H3,(H,26,27);4-8,11,13,15-16H,9-10,12,14H2,1-3H3,(H,25,26);2*1H/t15-;15-,16?;;/m11../s1. The van der Waals surface area contributed by atoms with Gasteiger partial charge in [-0.2, -0.15) is 5.26 Å². The van der Waals surface area contributed by atoms with Gasteiger partial charge in [-0.25, -0.2) is 8.78 Å². The van der Waals surface area contributed by atoms with Crippen molar-refractivity contribution in [2.24, 2.45) is 11.8 Å². The first-order valence-electron chi connectivity index (χ1n) is 19.2. The maximum atomic E-state index is 13.4. The van der Waals surface area contributed by atoms with E-state index in [2.05, 4.69) is 41.4 Å². The van der Waals surface area contributed by atoms with Crippen LogP contribution in [-0.4, -0.2) is 46.1 Å². The summed E-state index contributed by atoms with van der Waals surface area (Å²) in [5.41, 5.74) is 2.34. The van der Waals surface area contributed by atoms with Gasteiger partial charge in [0, 0.05) is 46.1 Å². The zero-order chi connectivity index (χ0) is 40.1. The number of nitrogens with zero attached hydrogens (tertiary/aromatic N) is 3. The van der Waals surface area contributed by atoms with Crippen molar-refractivity contribution < 1.29 is 35.4 Å². The van der Waals surface area contributed by atoms with E-state index in [1.807, 2.05) is 13.0 Å². The van der Waals surface area contributed by atoms with E-state index in [-0.39, 0.29) is 62.7 Å². The number of hydrogen-bond acceptors (Lipinski definition) is 8. The zero-order valence-corrected chi connectivity index (χ0v) is 32.5. The number of carbonyl (C=O) groups excluding carboxylic acids is 2. The molecule has 6 rings (SSSR count). The van der Waals surface area contributed by atoms with E-state index in [1.54, 1.807) is 42.6 Å². The minimum Gasteiger partial charge on any atom is -0.487 e. The third-order valence-electron chi connectivity index (χ3n) is 10.3. The summed E-state index contributed by atoms with van der Waals surface area (Å²) in [5.74, 6) is 0.505. The van der Waals surface area contributed by atoms with Gasteiger partial charge < -0.3 is 24.8 Å². The van der Waals surface area contributed by atoms with Gasteiger partial charge in [-0.05, 0) is 114 Å². The van der Waals surface area contributed by atoms with Crippen LogP contribution in [0.25, 0.3) is 0 Å². The highest BCUT2D eigenvalue weighted by atomic mass is 19.1. The second-order valence-electron chi connectivity index (χ2n) is 15.2. The van der Waals surface area contributed by atoms with Crippen LogP contribution in [0, 0.1) is 34.8 Å². The first kappa shape index (κ1) is 41.7. The molecule has 0 radical (unpaired) electrons. The quantitative estimate of drug-likeness (QED) is 0.146. The van der Waals surface area contributed by atoms with Gasteiger partial charge in [0.15, 0.2) is 0 Å². The van der Waals surface area contributed by atoms with Gasteiger partial charge in [-0.3, -0.25) is 19.6 Å². The lowest BCUT2D eigenvalue weighted by Crippen LogP contribution is -2.44. The Bertz CT molecular complexity index is 1960. The Morgan fingerprint density at radius 1 is 0.821 bits per heavy atom. The molecule has 1 saturated carbocycles. The van der Waals surface area contributed by atoms with Crippen LogP contribution in [0.2, 0.25) is 0 Å². The molecule has 2 aromatic carbocycles. The summed E-state index contributed by atoms with van der Waals surface area (Å²) in [4.78, 5) is 33.5. The molecule has 3 heterocycles. The number of aromatic nitrogens is 2. The first-order valence-corrected chi connectivity index (χ1v) is 19.2. The normalized spacial score (nSPS) is 17.6. The second-order valence-corrected chi connectivity index (χ2v) is 15.2. The minimum absolute atomic E-state index is 0. The lowest BCUT2D eigenvalue weighted by Gasteiger charge is -2.38. The summed E-state index contributed by atoms with van der Waals surface area (Å²) in [5, 5.41) is 15.0. The summed E-state index contributed by atoms with van der Waals surface area (Å²) < 4.78 is 43.4. The molecule has 1 saturated heterocycles. The van der Waals surface area contributed by atoms with Crippen LogP contribution in [0.1, 0.15) is 113 Å². The van der Waals surface area contributed by atoms with Crippen molar-refractivity contribution in [2.45, 2.75) is 104 Å². The van der Waals surface area contributed by atoms with Crippen LogP contribution in [0.3, 0.4) is 0 Å². The van der Waals surface area contributed by atoms with E-state index in [1.165, 1.54) is 62.6 Å². The molecule has 1 aliphatic carbocycles. The SMILES string of the molecule is C[C@@H](NC(=O)c1ccc(COc2cc(F)cc(C#N)c2)nc1)C1CCCCC1.C[C@@H](NC(=O)c1ccc(COc2cccc(F)c2)nc1)C1CCOC(C)(C)C1.[HH].[HH]. The van der Waals surface area contributed by atoms with Crippen LogP contribution >= 0.6 is 0 Å². The molecule has 2 amide bonds. The van der Waals surface area contributed by atoms with Crippen molar-refractivity contribution in [2.75, 3.05) is 6.61 Å². The number of pyridine rings is 2. The van der Waals surface area contributed by atoms with E-state index in [4.69, 9.17) is 19.5 Å². The Kier molecular flexibility index (Phi) is 14.9. The molecule has 2 N–H and O–H groups in total. The Labute approximate surface area is 331 Å². The molecule has 56 heavy (non-hydrogen) atoms. The molecule has 300 valence electrons. The number of amides is 2. The number of hydrogen-bond donors (Lipinski definition) is 2. The topological polar surface area (TPSA) is 135 Å². The van der Waals surface area contributed by atoms with E-state index < -0.39 is 5.82 Å². The number of carbonyl (C=O) groups is 2. The average molecular weight is 772 g/mol. The molecule has 2 aromatic heterocycles. The zero-order valence-electron chi connectivity index (χ0n) is 32.5. The highest BCUT2D eigenvalue weighted by Crippen LogP contribution is 2.31. The lowest BCUT2D eigenvalue weighted by molar-refractivity contribution is -0.0768. The summed E-state index contributed by atoms with van der Waals surface area (Å²) >= 11 is 0. The van der Waals surface area contributed by atoms with Crippen molar-refractivity contribution in [3.8, 4) is 17.6 Å². The highest BCUT2D eigenvalue weighted by molar-refractivity contribution is 5.94. The van der Waals surface area contributed by atoms with Gasteiger partial charge in [0.2, 0.25) is 0 Å². The van der Waals surface area contributed by atoms with Crippen LogP contribution in [-0.2, 0) is 18.0 Å².